The van der Waals surface area contributed by atoms with Gasteiger partial charge in [0.1, 0.15) is 0 Å². The van der Waals surface area contributed by atoms with Gasteiger partial charge in [0.15, 0.2) is 5.78 Å². The van der Waals surface area contributed by atoms with Crippen molar-refractivity contribution in [2.45, 2.75) is 25.4 Å². The molecule has 0 radical (unpaired) electrons. The van der Waals surface area contributed by atoms with Crippen molar-refractivity contribution in [3.05, 3.63) is 11.8 Å². The molecule has 0 amide bonds. The minimum atomic E-state index is 0.00643. The average Bonchev–Trinajstić information content (AvgIpc) is 2.46. The molecule has 2 rings (SSSR count). The predicted octanol–water partition coefficient (Wildman–Crippen LogP) is 0.954. The standard InChI is InChI=1S/C10H15NO2/c1-10(13-2)6-11(7-10)8-3-4-9(12)5-8/h5H,3-4,6-7H2,1-2H3. The van der Waals surface area contributed by atoms with Crippen LogP contribution in [0.2, 0.25) is 0 Å². The Hall–Kier alpha value is -0.830. The molecular formula is C10H15NO2. The molecule has 1 saturated heterocycles. The van der Waals surface area contributed by atoms with Gasteiger partial charge >= 0.3 is 0 Å². The molecule has 1 aliphatic carbocycles. The molecule has 0 saturated carbocycles. The topological polar surface area (TPSA) is 29.5 Å². The number of carbonyl (C=O) groups is 1. The SMILES string of the molecule is COC1(C)CN(C2=CC(=O)CC2)C1. The van der Waals surface area contributed by atoms with Crippen molar-refractivity contribution in [2.24, 2.45) is 0 Å². The molecule has 0 aromatic rings. The highest BCUT2D eigenvalue weighted by Crippen LogP contribution is 2.31. The number of rotatable bonds is 2. The number of carbonyl (C=O) groups excluding carboxylic acids is 1. The quantitative estimate of drug-likeness (QED) is 0.635. The number of nitrogens with zero attached hydrogens (tertiary/aromatic N) is 1. The average molecular weight is 181 g/mol. The fourth-order valence-electron chi connectivity index (χ4n) is 1.92. The van der Waals surface area contributed by atoms with E-state index in [1.165, 1.54) is 5.70 Å². The molecule has 0 spiro atoms. The molecule has 3 nitrogen and oxygen atoms in total. The second kappa shape index (κ2) is 2.84. The van der Waals surface area contributed by atoms with Crippen LogP contribution in [0.4, 0.5) is 0 Å². The summed E-state index contributed by atoms with van der Waals surface area (Å²) in [5, 5.41) is 0. The Bertz CT molecular complexity index is 264. The summed E-state index contributed by atoms with van der Waals surface area (Å²) in [5.74, 6) is 0.265. The van der Waals surface area contributed by atoms with Crippen molar-refractivity contribution >= 4 is 5.78 Å². The summed E-state index contributed by atoms with van der Waals surface area (Å²) in [6.45, 7) is 3.94. The molecule has 3 heteroatoms. The minimum Gasteiger partial charge on any atom is -0.375 e. The van der Waals surface area contributed by atoms with Gasteiger partial charge in [0, 0.05) is 38.4 Å². The molecule has 0 bridgehead atoms. The van der Waals surface area contributed by atoms with Crippen molar-refractivity contribution in [2.75, 3.05) is 20.2 Å². The number of likely N-dealkylation sites (tertiary alicyclic amines) is 1. The van der Waals surface area contributed by atoms with E-state index < -0.39 is 0 Å². The first-order chi connectivity index (χ1) is 6.13. The molecule has 0 aromatic carbocycles. The summed E-state index contributed by atoms with van der Waals surface area (Å²) >= 11 is 0. The zero-order chi connectivity index (χ0) is 9.47. The van der Waals surface area contributed by atoms with Crippen LogP contribution >= 0.6 is 0 Å². The van der Waals surface area contributed by atoms with E-state index >= 15 is 0 Å². The molecule has 1 heterocycles. The van der Waals surface area contributed by atoms with E-state index in [2.05, 4.69) is 11.8 Å². The van der Waals surface area contributed by atoms with Crippen LogP contribution in [0.1, 0.15) is 19.8 Å². The number of ketones is 1. The Morgan fingerprint density at radius 3 is 2.62 bits per heavy atom. The first kappa shape index (κ1) is 8.75. The van der Waals surface area contributed by atoms with Gasteiger partial charge < -0.3 is 9.64 Å². The first-order valence-electron chi connectivity index (χ1n) is 4.66. The van der Waals surface area contributed by atoms with Crippen molar-refractivity contribution in [1.82, 2.24) is 4.90 Å². The van der Waals surface area contributed by atoms with Crippen LogP contribution in [-0.2, 0) is 9.53 Å². The lowest BCUT2D eigenvalue weighted by Gasteiger charge is -2.48. The fraction of sp³-hybridized carbons (Fsp3) is 0.700. The van der Waals surface area contributed by atoms with E-state index in [1.54, 1.807) is 13.2 Å². The second-order valence-corrected chi connectivity index (χ2v) is 4.11. The molecule has 0 atom stereocenters. The lowest BCUT2D eigenvalue weighted by atomic mass is 9.95. The van der Waals surface area contributed by atoms with Crippen LogP contribution in [0.15, 0.2) is 11.8 Å². The maximum absolute atomic E-state index is 11.0. The van der Waals surface area contributed by atoms with Crippen LogP contribution in [0.3, 0.4) is 0 Å². The molecule has 0 unspecified atom stereocenters. The number of hydrogen-bond donors (Lipinski definition) is 0. The Morgan fingerprint density at radius 2 is 2.15 bits per heavy atom. The Balaban J connectivity index is 1.94. The van der Waals surface area contributed by atoms with Gasteiger partial charge in [-0.1, -0.05) is 0 Å². The van der Waals surface area contributed by atoms with Gasteiger partial charge in [0.05, 0.1) is 5.60 Å². The van der Waals surface area contributed by atoms with Gasteiger partial charge in [0.2, 0.25) is 0 Å². The zero-order valence-corrected chi connectivity index (χ0v) is 8.17. The monoisotopic (exact) mass is 181 g/mol. The van der Waals surface area contributed by atoms with E-state index in [0.29, 0.717) is 6.42 Å². The molecular weight excluding hydrogens is 166 g/mol. The predicted molar refractivity (Wildman–Crippen MR) is 49.3 cm³/mol. The summed E-state index contributed by atoms with van der Waals surface area (Å²) < 4.78 is 5.34. The van der Waals surface area contributed by atoms with E-state index in [9.17, 15) is 4.79 Å². The maximum atomic E-state index is 11.0. The molecule has 72 valence electrons. The maximum Gasteiger partial charge on any atom is 0.157 e. The van der Waals surface area contributed by atoms with Crippen LogP contribution < -0.4 is 0 Å². The zero-order valence-electron chi connectivity index (χ0n) is 8.17. The summed E-state index contributed by atoms with van der Waals surface area (Å²) in [6, 6.07) is 0. The molecule has 13 heavy (non-hydrogen) atoms. The summed E-state index contributed by atoms with van der Waals surface area (Å²) in [4.78, 5) is 13.2. The van der Waals surface area contributed by atoms with Gasteiger partial charge in [-0.2, -0.15) is 0 Å². The normalized spacial score (nSPS) is 25.8. The van der Waals surface area contributed by atoms with Crippen molar-refractivity contribution in [3.8, 4) is 0 Å². The van der Waals surface area contributed by atoms with Crippen LogP contribution in [0.5, 0.6) is 0 Å². The second-order valence-electron chi connectivity index (χ2n) is 4.11. The van der Waals surface area contributed by atoms with Gasteiger partial charge in [-0.25, -0.2) is 0 Å². The van der Waals surface area contributed by atoms with Crippen LogP contribution in [0, 0.1) is 0 Å². The fourth-order valence-corrected chi connectivity index (χ4v) is 1.92. The van der Waals surface area contributed by atoms with Crippen LogP contribution in [-0.4, -0.2) is 36.5 Å². The van der Waals surface area contributed by atoms with Crippen molar-refractivity contribution < 1.29 is 9.53 Å². The summed E-state index contributed by atoms with van der Waals surface area (Å²) in [7, 11) is 1.74. The summed E-state index contributed by atoms with van der Waals surface area (Å²) in [6.07, 6.45) is 3.38. The minimum absolute atomic E-state index is 0.00643. The number of ether oxygens (including phenoxy) is 1. The molecule has 0 aromatic heterocycles. The van der Waals surface area contributed by atoms with Crippen molar-refractivity contribution in [3.63, 3.8) is 0 Å². The lowest BCUT2D eigenvalue weighted by molar-refractivity contribution is -0.114. The highest BCUT2D eigenvalue weighted by molar-refractivity contribution is 5.92. The smallest absolute Gasteiger partial charge is 0.157 e. The number of hydrogen-bond acceptors (Lipinski definition) is 3. The lowest BCUT2D eigenvalue weighted by Crippen LogP contribution is -2.59. The van der Waals surface area contributed by atoms with Gasteiger partial charge in [-0.05, 0) is 13.3 Å². The van der Waals surface area contributed by atoms with E-state index in [1.807, 2.05) is 0 Å². The third kappa shape index (κ3) is 1.48. The molecule has 2 aliphatic rings. The Kier molecular flexibility index (Phi) is 1.91. The highest BCUT2D eigenvalue weighted by Gasteiger charge is 2.40. The Labute approximate surface area is 78.4 Å². The molecule has 0 N–H and O–H groups in total. The number of allylic oxidation sites excluding steroid dienone is 2. The third-order valence-corrected chi connectivity index (χ3v) is 2.90. The highest BCUT2D eigenvalue weighted by atomic mass is 16.5. The van der Waals surface area contributed by atoms with Crippen LogP contribution in [0.25, 0.3) is 0 Å². The first-order valence-corrected chi connectivity index (χ1v) is 4.66. The van der Waals surface area contributed by atoms with E-state index in [-0.39, 0.29) is 11.4 Å². The Morgan fingerprint density at radius 1 is 1.46 bits per heavy atom. The molecule has 1 fully saturated rings. The van der Waals surface area contributed by atoms with Gasteiger partial charge in [-0.15, -0.1) is 0 Å². The number of methoxy groups -OCH3 is 1. The largest absolute Gasteiger partial charge is 0.375 e. The van der Waals surface area contributed by atoms with E-state index in [0.717, 1.165) is 19.5 Å². The third-order valence-electron chi connectivity index (χ3n) is 2.90. The van der Waals surface area contributed by atoms with Gasteiger partial charge in [0.25, 0.3) is 0 Å². The van der Waals surface area contributed by atoms with Gasteiger partial charge in [-0.3, -0.25) is 4.79 Å². The molecule has 1 aliphatic heterocycles. The van der Waals surface area contributed by atoms with E-state index in [4.69, 9.17) is 4.74 Å². The summed E-state index contributed by atoms with van der Waals surface area (Å²) in [5.41, 5.74) is 1.20. The van der Waals surface area contributed by atoms with Crippen molar-refractivity contribution in [1.29, 1.82) is 0 Å².